The summed E-state index contributed by atoms with van der Waals surface area (Å²) in [5.74, 6) is 0.981. The number of carbonyl (C=O) groups is 1. The van der Waals surface area contributed by atoms with E-state index in [2.05, 4.69) is 35.9 Å². The van der Waals surface area contributed by atoms with Gasteiger partial charge in [-0.25, -0.2) is 24.3 Å². The number of hydrogen-bond donors (Lipinski definition) is 3. The van der Waals surface area contributed by atoms with Crippen LogP contribution in [-0.4, -0.2) is 40.0 Å². The molecule has 0 aliphatic heterocycles. The van der Waals surface area contributed by atoms with Crippen molar-refractivity contribution in [2.75, 3.05) is 24.8 Å². The van der Waals surface area contributed by atoms with E-state index >= 15 is 0 Å². The molecule has 0 fully saturated rings. The van der Waals surface area contributed by atoms with Crippen molar-refractivity contribution in [3.05, 3.63) is 78.6 Å². The number of hydrogen-bond acceptors (Lipinski definition) is 8. The monoisotopic (exact) mass is 445 g/mol. The van der Waals surface area contributed by atoms with Gasteiger partial charge in [-0.2, -0.15) is 0 Å². The zero-order chi connectivity index (χ0) is 23.2. The van der Waals surface area contributed by atoms with E-state index in [0.29, 0.717) is 45.7 Å². The lowest BCUT2D eigenvalue weighted by molar-refractivity contribution is 0.0963. The molecule has 0 spiro atoms. The van der Waals surface area contributed by atoms with Crippen LogP contribution in [0.3, 0.4) is 0 Å². The summed E-state index contributed by atoms with van der Waals surface area (Å²) >= 11 is 0. The third kappa shape index (κ3) is 4.85. The highest BCUT2D eigenvalue weighted by Gasteiger charge is 2.17. The van der Waals surface area contributed by atoms with Gasteiger partial charge in [0.15, 0.2) is 17.4 Å². The fourth-order valence-corrected chi connectivity index (χ4v) is 3.14. The Morgan fingerprint density at radius 1 is 0.909 bits per heavy atom. The first-order chi connectivity index (χ1) is 16.1. The largest absolute Gasteiger partial charge is 0.494 e. The van der Waals surface area contributed by atoms with Crippen molar-refractivity contribution < 1.29 is 13.9 Å². The molecule has 0 aliphatic carbocycles. The van der Waals surface area contributed by atoms with E-state index in [1.807, 2.05) is 12.1 Å². The Kier molecular flexibility index (Phi) is 6.35. The number of aromatic nitrogens is 4. The number of amides is 1. The lowest BCUT2D eigenvalue weighted by Crippen LogP contribution is -2.19. The number of benzene rings is 1. The molecule has 0 bridgehead atoms. The summed E-state index contributed by atoms with van der Waals surface area (Å²) in [6.07, 6.45) is 5.30. The number of nitrogens with zero attached hydrogens (tertiary/aromatic N) is 4. The third-order valence-electron chi connectivity index (χ3n) is 4.65. The second-order valence-electron chi connectivity index (χ2n) is 6.77. The van der Waals surface area contributed by atoms with Gasteiger partial charge >= 0.3 is 0 Å². The van der Waals surface area contributed by atoms with Crippen LogP contribution in [0.15, 0.2) is 67.3 Å². The molecular weight excluding hydrogens is 425 g/mol. The zero-order valence-electron chi connectivity index (χ0n) is 17.8. The van der Waals surface area contributed by atoms with Gasteiger partial charge in [0.1, 0.15) is 11.6 Å². The van der Waals surface area contributed by atoms with E-state index in [0.717, 1.165) is 12.4 Å². The van der Waals surface area contributed by atoms with Crippen LogP contribution in [0.2, 0.25) is 0 Å². The van der Waals surface area contributed by atoms with E-state index in [1.165, 1.54) is 13.3 Å². The Labute approximate surface area is 189 Å². The minimum absolute atomic E-state index is 0.302. The molecule has 10 heteroatoms. The minimum Gasteiger partial charge on any atom is -0.494 e. The number of methoxy groups -OCH3 is 1. The normalized spacial score (nSPS) is 10.4. The molecular formula is C23H20FN7O2. The number of halogens is 1. The number of nitrogens with one attached hydrogen (secondary N) is 3. The number of pyridine rings is 2. The van der Waals surface area contributed by atoms with Gasteiger partial charge < -0.3 is 20.7 Å². The van der Waals surface area contributed by atoms with Gasteiger partial charge in [-0.05, 0) is 24.3 Å². The number of rotatable bonds is 7. The van der Waals surface area contributed by atoms with Crippen molar-refractivity contribution >= 4 is 28.9 Å². The Bertz CT molecular complexity index is 1270. The molecule has 0 atom stereocenters. The summed E-state index contributed by atoms with van der Waals surface area (Å²) < 4.78 is 18.9. The Hall–Kier alpha value is -4.60. The summed E-state index contributed by atoms with van der Waals surface area (Å²) in [6, 6.07) is 12.5. The van der Waals surface area contributed by atoms with Crippen LogP contribution in [0.4, 0.5) is 27.4 Å². The van der Waals surface area contributed by atoms with Crippen molar-refractivity contribution in [3.63, 3.8) is 0 Å². The number of anilines is 4. The Morgan fingerprint density at radius 2 is 1.73 bits per heavy atom. The minimum atomic E-state index is -0.535. The van der Waals surface area contributed by atoms with Crippen LogP contribution >= 0.6 is 0 Å². The molecule has 0 aliphatic rings. The van der Waals surface area contributed by atoms with E-state index in [-0.39, 0.29) is 5.91 Å². The predicted octanol–water partition coefficient (Wildman–Crippen LogP) is 3.93. The van der Waals surface area contributed by atoms with Crippen LogP contribution in [0.1, 0.15) is 10.4 Å². The number of carbonyl (C=O) groups excluding carboxylic acids is 1. The highest BCUT2D eigenvalue weighted by molar-refractivity contribution is 6.00. The van der Waals surface area contributed by atoms with Crippen molar-refractivity contribution in [3.8, 4) is 17.1 Å². The van der Waals surface area contributed by atoms with E-state index < -0.39 is 5.82 Å². The zero-order valence-corrected chi connectivity index (χ0v) is 17.8. The summed E-state index contributed by atoms with van der Waals surface area (Å²) in [4.78, 5) is 29.1. The standard InChI is InChI=1S/C23H20FN7O2/c1-25-23(32)16-13-27-20(31-19-8-3-4-9-26-19)10-18(16)30-17-7-5-6-15(21(17)33-2)22-28-11-14(24)12-29-22/h3-13H,1-2H3,(H,25,32)(H2,26,27,30,31). The number of para-hydroxylation sites is 1. The molecule has 0 saturated carbocycles. The summed E-state index contributed by atoms with van der Waals surface area (Å²) in [7, 11) is 3.05. The van der Waals surface area contributed by atoms with Crippen molar-refractivity contribution in [2.24, 2.45) is 0 Å². The van der Waals surface area contributed by atoms with E-state index in [4.69, 9.17) is 4.74 Å². The van der Waals surface area contributed by atoms with Crippen LogP contribution in [0.25, 0.3) is 11.4 Å². The molecule has 3 aromatic heterocycles. The van der Waals surface area contributed by atoms with Gasteiger partial charge in [0.25, 0.3) is 5.91 Å². The first-order valence-corrected chi connectivity index (χ1v) is 9.91. The molecule has 1 aromatic carbocycles. The molecule has 9 nitrogen and oxygen atoms in total. The predicted molar refractivity (Wildman–Crippen MR) is 122 cm³/mol. The summed E-state index contributed by atoms with van der Waals surface area (Å²) in [5.41, 5.74) is 1.93. The van der Waals surface area contributed by atoms with Gasteiger partial charge in [-0.3, -0.25) is 4.79 Å². The average Bonchev–Trinajstić information content (AvgIpc) is 2.85. The average molecular weight is 445 g/mol. The molecule has 33 heavy (non-hydrogen) atoms. The fraction of sp³-hybridized carbons (Fsp3) is 0.0870. The van der Waals surface area contributed by atoms with Gasteiger partial charge in [0.2, 0.25) is 0 Å². The Balaban J connectivity index is 1.74. The van der Waals surface area contributed by atoms with Gasteiger partial charge in [0.05, 0.1) is 42.0 Å². The fourth-order valence-electron chi connectivity index (χ4n) is 3.14. The quantitative estimate of drug-likeness (QED) is 0.392. The maximum atomic E-state index is 13.3. The molecule has 166 valence electrons. The van der Waals surface area contributed by atoms with Crippen molar-refractivity contribution in [2.45, 2.75) is 0 Å². The number of ether oxygens (including phenoxy) is 1. The maximum Gasteiger partial charge on any atom is 0.254 e. The van der Waals surface area contributed by atoms with Gasteiger partial charge in [0, 0.05) is 25.5 Å². The molecule has 0 radical (unpaired) electrons. The smallest absolute Gasteiger partial charge is 0.254 e. The second-order valence-corrected chi connectivity index (χ2v) is 6.77. The molecule has 3 N–H and O–H groups in total. The summed E-state index contributed by atoms with van der Waals surface area (Å²) in [5, 5.41) is 8.95. The lowest BCUT2D eigenvalue weighted by atomic mass is 10.1. The van der Waals surface area contributed by atoms with Crippen LogP contribution in [0.5, 0.6) is 5.75 Å². The van der Waals surface area contributed by atoms with Crippen molar-refractivity contribution in [1.82, 2.24) is 25.3 Å². The van der Waals surface area contributed by atoms with E-state index in [9.17, 15) is 9.18 Å². The second kappa shape index (κ2) is 9.69. The van der Waals surface area contributed by atoms with Gasteiger partial charge in [-0.15, -0.1) is 0 Å². The van der Waals surface area contributed by atoms with E-state index in [1.54, 1.807) is 43.6 Å². The molecule has 0 unspecified atom stereocenters. The van der Waals surface area contributed by atoms with Crippen LogP contribution < -0.4 is 20.7 Å². The Morgan fingerprint density at radius 3 is 2.42 bits per heavy atom. The molecule has 4 aromatic rings. The maximum absolute atomic E-state index is 13.3. The van der Waals surface area contributed by atoms with Crippen LogP contribution in [0, 0.1) is 5.82 Å². The topological polar surface area (TPSA) is 114 Å². The van der Waals surface area contributed by atoms with Gasteiger partial charge in [-0.1, -0.05) is 12.1 Å². The highest BCUT2D eigenvalue weighted by Crippen LogP contribution is 2.37. The van der Waals surface area contributed by atoms with Crippen molar-refractivity contribution in [1.29, 1.82) is 0 Å². The molecule has 4 rings (SSSR count). The third-order valence-corrected chi connectivity index (χ3v) is 4.65. The summed E-state index contributed by atoms with van der Waals surface area (Å²) in [6.45, 7) is 0. The lowest BCUT2D eigenvalue weighted by Gasteiger charge is -2.17. The molecule has 1 amide bonds. The SMILES string of the molecule is CNC(=O)c1cnc(Nc2ccccn2)cc1Nc1cccc(-c2ncc(F)cn2)c1OC. The molecule has 3 heterocycles. The first-order valence-electron chi connectivity index (χ1n) is 9.91. The molecule has 0 saturated heterocycles. The van der Waals surface area contributed by atoms with Crippen LogP contribution in [-0.2, 0) is 0 Å². The highest BCUT2D eigenvalue weighted by atomic mass is 19.1. The first kappa shape index (κ1) is 21.6.